The van der Waals surface area contributed by atoms with E-state index in [1.807, 2.05) is 6.92 Å². The number of carbonyl (C=O) groups excluding carboxylic acids is 3. The van der Waals surface area contributed by atoms with Gasteiger partial charge >= 0.3 is 0 Å². The third kappa shape index (κ3) is 5.48. The van der Waals surface area contributed by atoms with Crippen LogP contribution in [0.1, 0.15) is 44.6 Å². The molecule has 1 aromatic heterocycles. The Labute approximate surface area is 163 Å². The number of amides is 3. The van der Waals surface area contributed by atoms with Crippen LogP contribution < -0.4 is 10.8 Å². The van der Waals surface area contributed by atoms with Gasteiger partial charge in [0.1, 0.15) is 6.04 Å². The highest BCUT2D eigenvalue weighted by Gasteiger charge is 2.41. The molecule has 2 unspecified atom stereocenters. The van der Waals surface area contributed by atoms with Crippen molar-refractivity contribution in [1.82, 2.24) is 20.7 Å². The van der Waals surface area contributed by atoms with Crippen LogP contribution >= 0.6 is 0 Å². The third-order valence-electron chi connectivity index (χ3n) is 4.95. The zero-order valence-corrected chi connectivity index (χ0v) is 15.9. The molecule has 3 atom stereocenters. The van der Waals surface area contributed by atoms with Crippen molar-refractivity contribution in [2.75, 3.05) is 6.54 Å². The maximum Gasteiger partial charge on any atom is 0.278 e. The molecule has 28 heavy (non-hydrogen) atoms. The summed E-state index contributed by atoms with van der Waals surface area (Å²) in [6, 6.07) is 2.86. The maximum atomic E-state index is 14.5. The number of nitrogens with zero attached hydrogens (tertiary/aromatic N) is 2. The molecule has 0 radical (unpaired) electrons. The molecule has 1 fully saturated rings. The number of alkyl halides is 1. The Morgan fingerprint density at radius 2 is 2.07 bits per heavy atom. The maximum absolute atomic E-state index is 14.5. The van der Waals surface area contributed by atoms with Crippen LogP contribution in [0.15, 0.2) is 24.5 Å². The van der Waals surface area contributed by atoms with Gasteiger partial charge in [-0.25, -0.2) is 9.87 Å². The highest BCUT2D eigenvalue weighted by molar-refractivity contribution is 5.92. The molecular formula is C19H27FN4O4. The van der Waals surface area contributed by atoms with Crippen LogP contribution in [-0.2, 0) is 20.9 Å². The molecule has 154 valence electrons. The van der Waals surface area contributed by atoms with Crippen molar-refractivity contribution < 1.29 is 24.0 Å². The molecule has 2 rings (SSSR count). The lowest BCUT2D eigenvalue weighted by molar-refractivity contribution is -0.149. The molecule has 1 aliphatic rings. The van der Waals surface area contributed by atoms with E-state index in [2.05, 4.69) is 10.3 Å². The number of hydroxylamine groups is 1. The Hall–Kier alpha value is -2.55. The van der Waals surface area contributed by atoms with E-state index in [1.165, 1.54) is 10.4 Å². The zero-order valence-electron chi connectivity index (χ0n) is 15.9. The van der Waals surface area contributed by atoms with E-state index in [-0.39, 0.29) is 12.3 Å². The van der Waals surface area contributed by atoms with Crippen LogP contribution in [0, 0.1) is 5.92 Å². The van der Waals surface area contributed by atoms with Crippen molar-refractivity contribution in [3.8, 4) is 0 Å². The van der Waals surface area contributed by atoms with Crippen LogP contribution in [0.4, 0.5) is 4.39 Å². The van der Waals surface area contributed by atoms with Gasteiger partial charge in [0, 0.05) is 25.5 Å². The lowest BCUT2D eigenvalue weighted by Gasteiger charge is -2.29. The highest BCUT2D eigenvalue weighted by Crippen LogP contribution is 2.25. The van der Waals surface area contributed by atoms with E-state index in [0.29, 0.717) is 32.4 Å². The summed E-state index contributed by atoms with van der Waals surface area (Å²) in [6.45, 7) is 2.53. The molecule has 0 aromatic carbocycles. The second-order valence-electron chi connectivity index (χ2n) is 6.89. The smallest absolute Gasteiger partial charge is 0.278 e. The summed E-state index contributed by atoms with van der Waals surface area (Å²) >= 11 is 0. The van der Waals surface area contributed by atoms with Gasteiger partial charge in [-0.1, -0.05) is 19.8 Å². The number of hydrogen-bond acceptors (Lipinski definition) is 5. The molecule has 9 heteroatoms. The Kier molecular flexibility index (Phi) is 8.31. The predicted octanol–water partition coefficient (Wildman–Crippen LogP) is 1.34. The Morgan fingerprint density at radius 3 is 2.71 bits per heavy atom. The highest BCUT2D eigenvalue weighted by atomic mass is 19.1. The Morgan fingerprint density at radius 1 is 1.36 bits per heavy atom. The van der Waals surface area contributed by atoms with E-state index in [9.17, 15) is 18.8 Å². The topological polar surface area (TPSA) is 112 Å². The first-order valence-corrected chi connectivity index (χ1v) is 9.54. The minimum absolute atomic E-state index is 0.172. The number of aromatic nitrogens is 1. The molecule has 8 nitrogen and oxygen atoms in total. The molecule has 2 heterocycles. The van der Waals surface area contributed by atoms with Crippen LogP contribution in [0.3, 0.4) is 0 Å². The molecule has 1 saturated heterocycles. The summed E-state index contributed by atoms with van der Waals surface area (Å²) in [5.41, 5.74) is 2.15. The number of hydrogen-bond donors (Lipinski definition) is 3. The number of carbonyl (C=O) groups is 3. The fourth-order valence-electron chi connectivity index (χ4n) is 3.39. The fourth-order valence-corrected chi connectivity index (χ4v) is 3.39. The van der Waals surface area contributed by atoms with Gasteiger partial charge in [0.25, 0.3) is 5.91 Å². The van der Waals surface area contributed by atoms with Crippen molar-refractivity contribution >= 4 is 17.7 Å². The number of halogens is 1. The summed E-state index contributed by atoms with van der Waals surface area (Å²) in [5, 5.41) is 11.5. The van der Waals surface area contributed by atoms with Crippen molar-refractivity contribution in [2.45, 2.75) is 57.8 Å². The first-order chi connectivity index (χ1) is 13.5. The van der Waals surface area contributed by atoms with Crippen molar-refractivity contribution in [1.29, 1.82) is 0 Å². The first kappa shape index (κ1) is 21.7. The number of nitrogens with one attached hydrogen (secondary N) is 2. The van der Waals surface area contributed by atoms with Gasteiger partial charge in [0.15, 0.2) is 6.17 Å². The lowest BCUT2D eigenvalue weighted by atomic mass is 9.94. The second-order valence-corrected chi connectivity index (χ2v) is 6.89. The third-order valence-corrected chi connectivity index (χ3v) is 4.95. The molecule has 0 bridgehead atoms. The summed E-state index contributed by atoms with van der Waals surface area (Å²) in [6.07, 6.45) is 3.66. The van der Waals surface area contributed by atoms with Crippen LogP contribution in [-0.4, -0.2) is 51.6 Å². The molecule has 1 aliphatic heterocycles. The van der Waals surface area contributed by atoms with E-state index in [4.69, 9.17) is 5.21 Å². The molecule has 1 aromatic rings. The number of rotatable bonds is 9. The van der Waals surface area contributed by atoms with E-state index >= 15 is 0 Å². The lowest BCUT2D eigenvalue weighted by Crippen LogP contribution is -2.50. The number of pyridine rings is 1. The summed E-state index contributed by atoms with van der Waals surface area (Å²) in [5.74, 6) is -3.34. The molecule has 0 saturated carbocycles. The first-order valence-electron chi connectivity index (χ1n) is 9.54. The van der Waals surface area contributed by atoms with Gasteiger partial charge < -0.3 is 10.2 Å². The summed E-state index contributed by atoms with van der Waals surface area (Å²) in [4.78, 5) is 42.3. The van der Waals surface area contributed by atoms with Crippen LogP contribution in [0.25, 0.3) is 0 Å². The molecule has 0 spiro atoms. The quantitative estimate of drug-likeness (QED) is 0.432. The minimum Gasteiger partial charge on any atom is -0.350 e. The summed E-state index contributed by atoms with van der Waals surface area (Å²) in [7, 11) is 0. The second kappa shape index (κ2) is 10.7. The number of likely N-dealkylation sites (tertiary alicyclic amines) is 1. The molecule has 3 N–H and O–H groups in total. The van der Waals surface area contributed by atoms with Gasteiger partial charge in [-0.15, -0.1) is 0 Å². The van der Waals surface area contributed by atoms with Gasteiger partial charge in [-0.05, 0) is 37.0 Å². The number of unbranched alkanes of at least 4 members (excludes halogenated alkanes) is 1. The van der Waals surface area contributed by atoms with Crippen LogP contribution in [0.2, 0.25) is 0 Å². The largest absolute Gasteiger partial charge is 0.350 e. The fraction of sp³-hybridized carbons (Fsp3) is 0.579. The minimum atomic E-state index is -2.16. The van der Waals surface area contributed by atoms with E-state index in [0.717, 1.165) is 12.0 Å². The predicted molar refractivity (Wildman–Crippen MR) is 98.7 cm³/mol. The van der Waals surface area contributed by atoms with E-state index < -0.39 is 29.9 Å². The van der Waals surface area contributed by atoms with Gasteiger partial charge in [-0.3, -0.25) is 24.6 Å². The zero-order chi connectivity index (χ0) is 20.5. The Bertz CT molecular complexity index is 673. The average Bonchev–Trinajstić information content (AvgIpc) is 3.22. The monoisotopic (exact) mass is 394 g/mol. The SMILES string of the molecule is CCCCC(C(=O)N1CCC[C@H]1C(=O)NCc1ccncc1)C(F)C(=O)NO. The van der Waals surface area contributed by atoms with Gasteiger partial charge in [0.2, 0.25) is 11.8 Å². The van der Waals surface area contributed by atoms with Crippen molar-refractivity contribution in [3.63, 3.8) is 0 Å². The molecular weight excluding hydrogens is 367 g/mol. The van der Waals surface area contributed by atoms with Gasteiger partial charge in [0.05, 0.1) is 5.92 Å². The van der Waals surface area contributed by atoms with Crippen LogP contribution in [0.5, 0.6) is 0 Å². The van der Waals surface area contributed by atoms with E-state index in [1.54, 1.807) is 24.5 Å². The van der Waals surface area contributed by atoms with Gasteiger partial charge in [-0.2, -0.15) is 0 Å². The standard InChI is InChI=1S/C19H27FN4O4/c1-2-3-5-14(16(20)18(26)23-28)19(27)24-11-4-6-15(24)17(25)22-12-13-7-9-21-10-8-13/h7-10,14-16,28H,2-6,11-12H2,1H3,(H,22,25)(H,23,26)/t14?,15-,16?/m0/s1. The average molecular weight is 394 g/mol. The molecule has 3 amide bonds. The Balaban J connectivity index is 2.05. The normalized spacial score (nSPS) is 18.4. The molecule has 0 aliphatic carbocycles. The van der Waals surface area contributed by atoms with Crippen molar-refractivity contribution in [2.24, 2.45) is 5.92 Å². The van der Waals surface area contributed by atoms with Crippen molar-refractivity contribution in [3.05, 3.63) is 30.1 Å². The summed E-state index contributed by atoms with van der Waals surface area (Å²) < 4.78 is 14.5.